The first-order valence-electron chi connectivity index (χ1n) is 10.7. The summed E-state index contributed by atoms with van der Waals surface area (Å²) in [7, 11) is -3.93. The number of aryl methyl sites for hydroxylation is 1. The summed E-state index contributed by atoms with van der Waals surface area (Å²) in [6, 6.07) is 23.0. The Kier molecular flexibility index (Phi) is 8.79. The number of ether oxygens (including phenoxy) is 1. The molecule has 0 unspecified atom stereocenters. The summed E-state index contributed by atoms with van der Waals surface area (Å²) in [4.78, 5) is 13.9. The van der Waals surface area contributed by atoms with Gasteiger partial charge in [0, 0.05) is 17.2 Å². The molecule has 0 atom stereocenters. The minimum absolute atomic E-state index is 0.126. The van der Waals surface area contributed by atoms with E-state index in [9.17, 15) is 13.2 Å². The normalized spacial score (nSPS) is 11.1. The summed E-state index contributed by atoms with van der Waals surface area (Å²) in [6.45, 7) is 4.53. The lowest BCUT2D eigenvalue weighted by molar-refractivity contribution is -0.119. The number of hydrogen-bond acceptors (Lipinski definition) is 5. The zero-order chi connectivity index (χ0) is 23.7. The van der Waals surface area contributed by atoms with Crippen LogP contribution in [0.3, 0.4) is 0 Å². The Hall–Kier alpha value is -2.97. The van der Waals surface area contributed by atoms with Crippen molar-refractivity contribution in [1.29, 1.82) is 0 Å². The van der Waals surface area contributed by atoms with Gasteiger partial charge < -0.3 is 10.1 Å². The second kappa shape index (κ2) is 11.8. The van der Waals surface area contributed by atoms with Crippen molar-refractivity contribution in [1.82, 2.24) is 5.32 Å². The first kappa shape index (κ1) is 24.7. The van der Waals surface area contributed by atoms with E-state index >= 15 is 0 Å². The lowest BCUT2D eigenvalue weighted by Crippen LogP contribution is -2.41. The monoisotopic (exact) mass is 484 g/mol. The van der Waals surface area contributed by atoms with Crippen LogP contribution in [-0.2, 0) is 14.8 Å². The molecule has 33 heavy (non-hydrogen) atoms. The standard InChI is InChI=1S/C25H28N2O4S2/c1-3-31-22-13-11-21(12-14-22)27(33(29,30)24-7-5-4-6-8-24)19-25(28)26-17-18-32-23-15-9-20(2)10-16-23/h4-16H,3,17-19H2,1-2H3,(H,26,28). The fourth-order valence-electron chi connectivity index (χ4n) is 3.09. The predicted octanol–water partition coefficient (Wildman–Crippen LogP) is 4.50. The maximum absolute atomic E-state index is 13.3. The number of anilines is 1. The molecular formula is C25H28N2O4S2. The third-order valence-electron chi connectivity index (χ3n) is 4.77. The highest BCUT2D eigenvalue weighted by Gasteiger charge is 2.27. The molecular weight excluding hydrogens is 456 g/mol. The van der Waals surface area contributed by atoms with Crippen molar-refractivity contribution in [3.63, 3.8) is 0 Å². The van der Waals surface area contributed by atoms with Gasteiger partial charge in [0.25, 0.3) is 10.0 Å². The smallest absolute Gasteiger partial charge is 0.264 e. The number of sulfonamides is 1. The first-order valence-corrected chi connectivity index (χ1v) is 13.1. The van der Waals surface area contributed by atoms with Crippen molar-refractivity contribution >= 4 is 33.4 Å². The van der Waals surface area contributed by atoms with Crippen LogP contribution >= 0.6 is 11.8 Å². The Morgan fingerprint density at radius 2 is 1.64 bits per heavy atom. The van der Waals surface area contributed by atoms with Crippen LogP contribution < -0.4 is 14.4 Å². The molecule has 0 aliphatic carbocycles. The Balaban J connectivity index is 1.69. The highest BCUT2D eigenvalue weighted by molar-refractivity contribution is 7.99. The lowest BCUT2D eigenvalue weighted by Gasteiger charge is -2.24. The van der Waals surface area contributed by atoms with Gasteiger partial charge >= 0.3 is 0 Å². The van der Waals surface area contributed by atoms with E-state index in [1.165, 1.54) is 17.7 Å². The summed E-state index contributed by atoms with van der Waals surface area (Å²) < 4.78 is 33.2. The molecule has 1 N–H and O–H groups in total. The molecule has 0 aromatic heterocycles. The molecule has 3 aromatic carbocycles. The number of hydrogen-bond donors (Lipinski definition) is 1. The maximum atomic E-state index is 13.3. The third-order valence-corrected chi connectivity index (χ3v) is 7.57. The molecule has 174 valence electrons. The second-order valence-electron chi connectivity index (χ2n) is 7.26. The van der Waals surface area contributed by atoms with Crippen LogP contribution in [0.1, 0.15) is 12.5 Å². The second-order valence-corrected chi connectivity index (χ2v) is 10.3. The molecule has 0 aliphatic rings. The molecule has 0 spiro atoms. The highest BCUT2D eigenvalue weighted by Crippen LogP contribution is 2.26. The molecule has 0 bridgehead atoms. The van der Waals surface area contributed by atoms with E-state index in [2.05, 4.69) is 5.32 Å². The molecule has 0 fully saturated rings. The molecule has 0 aliphatic heterocycles. The van der Waals surface area contributed by atoms with Gasteiger partial charge in [-0.15, -0.1) is 11.8 Å². The fraction of sp³-hybridized carbons (Fsp3) is 0.240. The number of carbonyl (C=O) groups is 1. The van der Waals surface area contributed by atoms with Gasteiger partial charge in [-0.25, -0.2) is 8.42 Å². The summed E-state index contributed by atoms with van der Waals surface area (Å²) in [5, 5.41) is 2.83. The van der Waals surface area contributed by atoms with Gasteiger partial charge in [-0.3, -0.25) is 9.10 Å². The van der Waals surface area contributed by atoms with Gasteiger partial charge in [-0.05, 0) is 62.4 Å². The third kappa shape index (κ3) is 7.00. The summed E-state index contributed by atoms with van der Waals surface area (Å²) >= 11 is 1.63. The number of thioether (sulfide) groups is 1. The van der Waals surface area contributed by atoms with Crippen LogP contribution in [0.5, 0.6) is 5.75 Å². The topological polar surface area (TPSA) is 75.7 Å². The quantitative estimate of drug-likeness (QED) is 0.320. The molecule has 8 heteroatoms. The van der Waals surface area contributed by atoms with Gasteiger partial charge in [0.2, 0.25) is 5.91 Å². The van der Waals surface area contributed by atoms with Crippen LogP contribution in [-0.4, -0.2) is 39.8 Å². The van der Waals surface area contributed by atoms with E-state index in [-0.39, 0.29) is 17.3 Å². The van der Waals surface area contributed by atoms with E-state index in [0.29, 0.717) is 30.3 Å². The van der Waals surface area contributed by atoms with Crippen molar-refractivity contribution in [2.75, 3.05) is 29.8 Å². The van der Waals surface area contributed by atoms with Gasteiger partial charge in [0.1, 0.15) is 12.3 Å². The minimum atomic E-state index is -3.93. The fourth-order valence-corrected chi connectivity index (χ4v) is 5.30. The van der Waals surface area contributed by atoms with Crippen LogP contribution in [0.4, 0.5) is 5.69 Å². The molecule has 6 nitrogen and oxygen atoms in total. The number of nitrogens with zero attached hydrogens (tertiary/aromatic N) is 1. The zero-order valence-corrected chi connectivity index (χ0v) is 20.4. The summed E-state index contributed by atoms with van der Waals surface area (Å²) in [6.07, 6.45) is 0. The largest absolute Gasteiger partial charge is 0.494 e. The number of rotatable bonds is 11. The van der Waals surface area contributed by atoms with E-state index < -0.39 is 10.0 Å². The van der Waals surface area contributed by atoms with E-state index in [1.807, 2.05) is 38.1 Å². The number of amides is 1. The highest BCUT2D eigenvalue weighted by atomic mass is 32.2. The van der Waals surface area contributed by atoms with Crippen molar-refractivity contribution < 1.29 is 17.9 Å². The van der Waals surface area contributed by atoms with Gasteiger partial charge in [0.05, 0.1) is 17.2 Å². The molecule has 0 saturated carbocycles. The Labute approximate surface area is 200 Å². The first-order chi connectivity index (χ1) is 15.9. The van der Waals surface area contributed by atoms with Crippen LogP contribution in [0.25, 0.3) is 0 Å². The number of carbonyl (C=O) groups excluding carboxylic acids is 1. The van der Waals surface area contributed by atoms with Crippen molar-refractivity contribution in [2.24, 2.45) is 0 Å². The molecule has 0 radical (unpaired) electrons. The predicted molar refractivity (Wildman–Crippen MR) is 133 cm³/mol. The minimum Gasteiger partial charge on any atom is -0.494 e. The van der Waals surface area contributed by atoms with Crippen LogP contribution in [0, 0.1) is 6.92 Å². The van der Waals surface area contributed by atoms with E-state index in [4.69, 9.17) is 4.74 Å². The maximum Gasteiger partial charge on any atom is 0.264 e. The Morgan fingerprint density at radius 3 is 2.27 bits per heavy atom. The molecule has 0 saturated heterocycles. The number of benzene rings is 3. The van der Waals surface area contributed by atoms with Crippen molar-refractivity contribution in [3.05, 3.63) is 84.4 Å². The van der Waals surface area contributed by atoms with Crippen LogP contribution in [0.15, 0.2) is 88.7 Å². The van der Waals surface area contributed by atoms with E-state index in [0.717, 1.165) is 9.20 Å². The summed E-state index contributed by atoms with van der Waals surface area (Å²) in [5.41, 5.74) is 1.59. The van der Waals surface area contributed by atoms with Gasteiger partial charge in [-0.2, -0.15) is 0 Å². The molecule has 3 aromatic rings. The lowest BCUT2D eigenvalue weighted by atomic mass is 10.2. The molecule has 0 heterocycles. The van der Waals surface area contributed by atoms with Crippen molar-refractivity contribution in [3.8, 4) is 5.75 Å². The molecule has 1 amide bonds. The average Bonchev–Trinajstić information content (AvgIpc) is 2.83. The SMILES string of the molecule is CCOc1ccc(N(CC(=O)NCCSc2ccc(C)cc2)S(=O)(=O)c2ccccc2)cc1. The zero-order valence-electron chi connectivity index (χ0n) is 18.7. The van der Waals surface area contributed by atoms with Crippen LogP contribution in [0.2, 0.25) is 0 Å². The van der Waals surface area contributed by atoms with Crippen molar-refractivity contribution in [2.45, 2.75) is 23.6 Å². The Bertz CT molecular complexity index is 1130. The molecule has 3 rings (SSSR count). The number of nitrogens with one attached hydrogen (secondary N) is 1. The van der Waals surface area contributed by atoms with E-state index in [1.54, 1.807) is 54.2 Å². The average molecular weight is 485 g/mol. The Morgan fingerprint density at radius 1 is 0.970 bits per heavy atom. The van der Waals surface area contributed by atoms with Gasteiger partial charge in [0.15, 0.2) is 0 Å². The summed E-state index contributed by atoms with van der Waals surface area (Å²) in [5.74, 6) is 0.951. The van der Waals surface area contributed by atoms with Gasteiger partial charge in [-0.1, -0.05) is 35.9 Å².